The molecule has 0 unspecified atom stereocenters. The van der Waals surface area contributed by atoms with Crippen molar-refractivity contribution < 1.29 is 9.18 Å². The largest absolute Gasteiger partial charge is 0.326 e. The third-order valence-corrected chi connectivity index (χ3v) is 4.66. The number of rotatable bonds is 4. The van der Waals surface area contributed by atoms with Crippen molar-refractivity contribution in [2.75, 3.05) is 12.4 Å². The Morgan fingerprint density at radius 3 is 2.33 bits per heavy atom. The number of benzene rings is 1. The van der Waals surface area contributed by atoms with Crippen LogP contribution < -0.4 is 10.6 Å². The van der Waals surface area contributed by atoms with E-state index < -0.39 is 5.82 Å². The molecule has 0 heterocycles. The van der Waals surface area contributed by atoms with E-state index in [9.17, 15) is 9.18 Å². The lowest BCUT2D eigenvalue weighted by Gasteiger charge is -2.36. The lowest BCUT2D eigenvalue weighted by atomic mass is 9.79. The van der Waals surface area contributed by atoms with Crippen molar-refractivity contribution in [2.24, 2.45) is 0 Å². The quantitative estimate of drug-likeness (QED) is 0.803. The minimum atomic E-state index is -0.671. The molecule has 0 saturated heterocycles. The smallest absolute Gasteiger partial charge is 0.226 e. The number of hydrogen-bond acceptors (Lipinski definition) is 2. The van der Waals surface area contributed by atoms with Crippen LogP contribution in [0.4, 0.5) is 10.1 Å². The molecule has 1 aliphatic rings. The Morgan fingerprint density at radius 1 is 1.24 bits per heavy atom. The molecule has 2 N–H and O–H groups in total. The average Bonchev–Trinajstić information content (AvgIpc) is 2.45. The van der Waals surface area contributed by atoms with Gasteiger partial charge in [-0.05, 0) is 32.0 Å². The molecule has 0 spiro atoms. The molecule has 0 bridgehead atoms. The summed E-state index contributed by atoms with van der Waals surface area (Å²) >= 11 is 11.5. The molecule has 1 aromatic carbocycles. The monoisotopic (exact) mass is 332 g/mol. The molecule has 1 saturated carbocycles. The third kappa shape index (κ3) is 4.09. The van der Waals surface area contributed by atoms with E-state index >= 15 is 0 Å². The molecule has 0 aromatic heterocycles. The summed E-state index contributed by atoms with van der Waals surface area (Å²) in [5.74, 6) is -0.791. The van der Waals surface area contributed by atoms with Crippen LogP contribution in [0.5, 0.6) is 0 Å². The van der Waals surface area contributed by atoms with E-state index in [1.807, 2.05) is 7.05 Å². The Labute approximate surface area is 134 Å². The fourth-order valence-electron chi connectivity index (χ4n) is 2.88. The summed E-state index contributed by atoms with van der Waals surface area (Å²) in [5.41, 5.74) is 0.272. The van der Waals surface area contributed by atoms with Gasteiger partial charge in [-0.3, -0.25) is 4.79 Å². The van der Waals surface area contributed by atoms with Crippen molar-refractivity contribution in [3.8, 4) is 0 Å². The van der Waals surface area contributed by atoms with Gasteiger partial charge in [-0.15, -0.1) is 0 Å². The molecule has 0 aliphatic heterocycles. The van der Waals surface area contributed by atoms with Crippen LogP contribution in [0.15, 0.2) is 12.1 Å². The Bertz CT molecular complexity index is 507. The standard InChI is InChI=1S/C15H19Cl2FN2O/c1-19-15(5-3-2-4-6-15)9-13(21)20-10-7-11(16)14(18)12(17)8-10/h7-8,19H,2-6,9H2,1H3,(H,20,21). The van der Waals surface area contributed by atoms with E-state index in [4.69, 9.17) is 23.2 Å². The van der Waals surface area contributed by atoms with Gasteiger partial charge in [0.25, 0.3) is 0 Å². The van der Waals surface area contributed by atoms with Gasteiger partial charge in [0.15, 0.2) is 5.82 Å². The Kier molecular flexibility index (Phi) is 5.47. The summed E-state index contributed by atoms with van der Waals surface area (Å²) in [6.45, 7) is 0. The Hall–Kier alpha value is -0.840. The third-order valence-electron chi connectivity index (χ3n) is 4.11. The van der Waals surface area contributed by atoms with Crippen LogP contribution in [0.25, 0.3) is 0 Å². The van der Waals surface area contributed by atoms with Gasteiger partial charge < -0.3 is 10.6 Å². The minimum Gasteiger partial charge on any atom is -0.326 e. The first-order valence-electron chi connectivity index (χ1n) is 7.09. The first-order valence-corrected chi connectivity index (χ1v) is 7.85. The van der Waals surface area contributed by atoms with E-state index in [-0.39, 0.29) is 21.5 Å². The lowest BCUT2D eigenvalue weighted by Crippen LogP contribution is -2.47. The average molecular weight is 333 g/mol. The van der Waals surface area contributed by atoms with Crippen molar-refractivity contribution in [2.45, 2.75) is 44.1 Å². The predicted molar refractivity (Wildman–Crippen MR) is 84.5 cm³/mol. The molecule has 1 aliphatic carbocycles. The summed E-state index contributed by atoms with van der Waals surface area (Å²) < 4.78 is 13.3. The van der Waals surface area contributed by atoms with Gasteiger partial charge in [-0.1, -0.05) is 42.5 Å². The molecule has 21 heavy (non-hydrogen) atoms. The molecule has 2 rings (SSSR count). The molecular weight excluding hydrogens is 314 g/mol. The van der Waals surface area contributed by atoms with Crippen molar-refractivity contribution >= 4 is 34.8 Å². The predicted octanol–water partition coefficient (Wildman–Crippen LogP) is 4.38. The molecular formula is C15H19Cl2FN2O. The van der Waals surface area contributed by atoms with E-state index in [0.29, 0.717) is 12.1 Å². The molecule has 0 atom stereocenters. The number of carbonyl (C=O) groups excluding carboxylic acids is 1. The summed E-state index contributed by atoms with van der Waals surface area (Å²) in [6.07, 6.45) is 5.83. The summed E-state index contributed by atoms with van der Waals surface area (Å²) in [7, 11) is 1.89. The van der Waals surface area contributed by atoms with Gasteiger partial charge >= 0.3 is 0 Å². The summed E-state index contributed by atoms with van der Waals surface area (Å²) in [6, 6.07) is 2.74. The second-order valence-corrected chi connectivity index (χ2v) is 6.38. The molecule has 1 aromatic rings. The number of nitrogens with one attached hydrogen (secondary N) is 2. The zero-order chi connectivity index (χ0) is 15.5. The van der Waals surface area contributed by atoms with Gasteiger partial charge in [0.05, 0.1) is 10.0 Å². The normalized spacial score (nSPS) is 17.5. The second-order valence-electron chi connectivity index (χ2n) is 5.57. The number of carbonyl (C=O) groups is 1. The van der Waals surface area contributed by atoms with Crippen molar-refractivity contribution in [3.05, 3.63) is 28.0 Å². The van der Waals surface area contributed by atoms with Gasteiger partial charge in [0.2, 0.25) is 5.91 Å². The maximum Gasteiger partial charge on any atom is 0.226 e. The highest BCUT2D eigenvalue weighted by Crippen LogP contribution is 2.32. The lowest BCUT2D eigenvalue weighted by molar-refractivity contribution is -0.117. The fraction of sp³-hybridized carbons (Fsp3) is 0.533. The van der Waals surface area contributed by atoms with Gasteiger partial charge in [-0.25, -0.2) is 4.39 Å². The Morgan fingerprint density at radius 2 is 1.81 bits per heavy atom. The van der Waals surface area contributed by atoms with Crippen LogP contribution in [-0.2, 0) is 4.79 Å². The highest BCUT2D eigenvalue weighted by atomic mass is 35.5. The highest BCUT2D eigenvalue weighted by molar-refractivity contribution is 6.35. The van der Waals surface area contributed by atoms with Crippen molar-refractivity contribution in [1.29, 1.82) is 0 Å². The minimum absolute atomic E-state index is 0.0983. The second kappa shape index (κ2) is 6.95. The fourth-order valence-corrected chi connectivity index (χ4v) is 3.37. The molecule has 3 nitrogen and oxygen atoms in total. The number of amides is 1. The number of anilines is 1. The van der Waals surface area contributed by atoms with Crippen LogP contribution in [0.1, 0.15) is 38.5 Å². The number of halogens is 3. The summed E-state index contributed by atoms with van der Waals surface area (Å²) in [4.78, 5) is 12.2. The van der Waals surface area contributed by atoms with Gasteiger partial charge in [0.1, 0.15) is 0 Å². The molecule has 0 radical (unpaired) electrons. The zero-order valence-electron chi connectivity index (χ0n) is 11.9. The van der Waals surface area contributed by atoms with Crippen LogP contribution in [0, 0.1) is 5.82 Å². The maximum atomic E-state index is 13.3. The van der Waals surface area contributed by atoms with Crippen LogP contribution >= 0.6 is 23.2 Å². The first-order chi connectivity index (χ1) is 9.96. The van der Waals surface area contributed by atoms with E-state index in [0.717, 1.165) is 25.7 Å². The number of hydrogen-bond donors (Lipinski definition) is 2. The highest BCUT2D eigenvalue weighted by Gasteiger charge is 2.32. The van der Waals surface area contributed by atoms with Gasteiger partial charge in [0, 0.05) is 17.6 Å². The van der Waals surface area contributed by atoms with Crippen LogP contribution in [0.3, 0.4) is 0 Å². The summed E-state index contributed by atoms with van der Waals surface area (Å²) in [5, 5.41) is 5.84. The van der Waals surface area contributed by atoms with E-state index in [1.54, 1.807) is 0 Å². The Balaban J connectivity index is 2.04. The molecule has 1 amide bonds. The van der Waals surface area contributed by atoms with E-state index in [1.165, 1.54) is 18.6 Å². The molecule has 6 heteroatoms. The molecule has 116 valence electrons. The first kappa shape index (κ1) is 16.5. The van der Waals surface area contributed by atoms with Crippen molar-refractivity contribution in [3.63, 3.8) is 0 Å². The zero-order valence-corrected chi connectivity index (χ0v) is 13.5. The van der Waals surface area contributed by atoms with Crippen LogP contribution in [0.2, 0.25) is 10.0 Å². The van der Waals surface area contributed by atoms with Crippen molar-refractivity contribution in [1.82, 2.24) is 5.32 Å². The topological polar surface area (TPSA) is 41.1 Å². The molecule has 1 fully saturated rings. The SMILES string of the molecule is CNC1(CC(=O)Nc2cc(Cl)c(F)c(Cl)c2)CCCCC1. The van der Waals surface area contributed by atoms with Gasteiger partial charge in [-0.2, -0.15) is 0 Å². The maximum absolute atomic E-state index is 13.3. The van der Waals surface area contributed by atoms with E-state index in [2.05, 4.69) is 10.6 Å². The van der Waals surface area contributed by atoms with Crippen LogP contribution in [-0.4, -0.2) is 18.5 Å².